The minimum Gasteiger partial charge on any atom is -0.496 e. The predicted octanol–water partition coefficient (Wildman–Crippen LogP) is 11.7. The van der Waals surface area contributed by atoms with Crippen molar-refractivity contribution in [1.82, 2.24) is 44.8 Å². The van der Waals surface area contributed by atoms with Crippen LogP contribution in [0.3, 0.4) is 0 Å². The van der Waals surface area contributed by atoms with Crippen molar-refractivity contribution in [2.45, 2.75) is 146 Å². The summed E-state index contributed by atoms with van der Waals surface area (Å²) < 4.78 is 42.0. The number of nitrogen functional groups attached to an aromatic ring is 2. The van der Waals surface area contributed by atoms with Crippen LogP contribution in [0.4, 0.5) is 34.6 Å². The van der Waals surface area contributed by atoms with E-state index in [1.165, 1.54) is 64.5 Å². The van der Waals surface area contributed by atoms with E-state index in [1.807, 2.05) is 43.8 Å². The number of benzene rings is 6. The smallest absolute Gasteiger partial charge is 0.354 e. The van der Waals surface area contributed by atoms with Gasteiger partial charge in [0.15, 0.2) is 10.0 Å². The molecule has 46 nitrogen and oxygen atoms in total. The molecular weight excluding hydrogens is 1850 g/mol. The molecular formula is C84H117BrCl2N22O24. The summed E-state index contributed by atoms with van der Waals surface area (Å²) >= 11 is 13.8. The van der Waals surface area contributed by atoms with E-state index in [-0.39, 0.29) is 67.1 Å². The molecule has 728 valence electrons. The fourth-order valence-electron chi connectivity index (χ4n) is 11.6. The van der Waals surface area contributed by atoms with Crippen molar-refractivity contribution in [3.8, 4) is 39.5 Å². The van der Waals surface area contributed by atoms with E-state index in [0.29, 0.717) is 111 Å². The number of ether oxygens (including phenoxy) is 7. The van der Waals surface area contributed by atoms with Crippen molar-refractivity contribution in [2.24, 2.45) is 34.4 Å². The number of carboxylic acids is 1. The molecule has 10 aromatic rings. The Kier molecular flexibility index (Phi) is 55.3. The normalized spacial score (nSPS) is 9.78. The van der Waals surface area contributed by atoms with Crippen LogP contribution < -0.4 is 85.8 Å². The number of carboxylic acid groups (broad SMARTS) is 1. The molecule has 4 aromatic heterocycles. The molecule has 6 amide bonds. The molecule has 0 spiro atoms. The number of unbranched alkanes of at least 4 members (excludes halogenated alkanes) is 2. The average molecular weight is 1970 g/mol. The first-order valence-corrected chi connectivity index (χ1v) is 41.2. The van der Waals surface area contributed by atoms with Gasteiger partial charge in [-0.15, -0.1) is 0 Å². The third-order valence-electron chi connectivity index (χ3n) is 17.7. The molecule has 0 aliphatic rings. The first-order valence-electron chi connectivity index (χ1n) is 39.7. The number of aliphatic hydroxyl groups excluding tert-OH is 1. The van der Waals surface area contributed by atoms with Crippen LogP contribution in [0.5, 0.6) is 34.5 Å². The molecule has 0 saturated carbocycles. The number of primary amides is 5. The Morgan fingerprint density at radius 3 is 1.19 bits per heavy atom. The number of hydrogen-bond donors (Lipinski definition) is 12. The van der Waals surface area contributed by atoms with Crippen molar-refractivity contribution in [1.29, 1.82) is 5.26 Å². The average Bonchev–Trinajstić information content (AvgIpc) is 1.63. The third-order valence-corrected chi connectivity index (χ3v) is 18.4. The maximum atomic E-state index is 12.8. The number of aliphatic hydroxyl groups is 1. The van der Waals surface area contributed by atoms with Gasteiger partial charge in [0, 0.05) is 106 Å². The Hall–Kier alpha value is -14.6. The zero-order valence-electron chi connectivity index (χ0n) is 76.8. The van der Waals surface area contributed by atoms with E-state index in [4.69, 9.17) is 113 Å². The molecule has 0 saturated heterocycles. The maximum Gasteiger partial charge on any atom is 0.354 e. The highest BCUT2D eigenvalue weighted by atomic mass is 79.9. The summed E-state index contributed by atoms with van der Waals surface area (Å²) in [5, 5.41) is 66.0. The van der Waals surface area contributed by atoms with Crippen molar-refractivity contribution in [2.75, 3.05) is 80.2 Å². The lowest BCUT2D eigenvalue weighted by atomic mass is 10.0. The molecule has 10 rings (SSSR count). The number of aromatic carboxylic acids is 1. The first-order chi connectivity index (χ1) is 62.0. The van der Waals surface area contributed by atoms with Gasteiger partial charge < -0.3 is 110 Å². The van der Waals surface area contributed by atoms with Crippen LogP contribution in [-0.2, 0) is 43.8 Å². The lowest BCUT2D eigenvalue weighted by Crippen LogP contribution is -2.20. The van der Waals surface area contributed by atoms with Gasteiger partial charge in [-0.05, 0) is 146 Å². The number of nitro groups is 3. The highest BCUT2D eigenvalue weighted by molar-refractivity contribution is 9.12. The van der Waals surface area contributed by atoms with Crippen LogP contribution in [0.15, 0.2) is 84.9 Å². The topological polar surface area (TPSA) is 753 Å². The number of nitrogens with one attached hydrogen (secondary N) is 1. The van der Waals surface area contributed by atoms with Gasteiger partial charge >= 0.3 is 11.9 Å². The zero-order valence-corrected chi connectivity index (χ0v) is 79.9. The Bertz CT molecular complexity index is 5660. The maximum absolute atomic E-state index is 12.8. The molecule has 0 unspecified atom stereocenters. The van der Waals surface area contributed by atoms with E-state index in [2.05, 4.69) is 66.9 Å². The molecule has 49 heteroatoms. The number of carbonyl (C=O) groups is 8. The third kappa shape index (κ3) is 35.3. The fourth-order valence-corrected chi connectivity index (χ4v) is 12.1. The van der Waals surface area contributed by atoms with Crippen molar-refractivity contribution < 1.29 is 102 Å². The van der Waals surface area contributed by atoms with Crippen LogP contribution in [0.25, 0.3) is 22.1 Å². The number of amides is 6. The number of nitro benzene ring substituents is 3. The number of esters is 1. The van der Waals surface area contributed by atoms with E-state index >= 15 is 0 Å². The van der Waals surface area contributed by atoms with Gasteiger partial charge in [-0.1, -0.05) is 70.7 Å². The van der Waals surface area contributed by atoms with Gasteiger partial charge in [0.1, 0.15) is 61.9 Å². The summed E-state index contributed by atoms with van der Waals surface area (Å²) in [5.74, 6) is -2.11. The van der Waals surface area contributed by atoms with Crippen molar-refractivity contribution in [3.63, 3.8) is 0 Å². The Labute approximate surface area is 784 Å². The van der Waals surface area contributed by atoms with E-state index in [1.54, 1.807) is 79.3 Å². The van der Waals surface area contributed by atoms with Gasteiger partial charge in [-0.3, -0.25) is 73.8 Å². The molecule has 133 heavy (non-hydrogen) atoms. The SMILES string of the molecule is CCCCc1c(N)cc(C(N)=O)cc1OC.CCCCc1c(OC)cc(C(N)=O)cc1[N+](=O)[O-].CCCN.CCCn1c(N)nc2cc(C(N)=O)cc(OC)c21.CCCn1c(NC(=O)c2cc(C)nn2CC)nc2cc(C(N)=O)cc(OC)c21.CCn1nc(C)cc1C(=O)O.CO.COC(=O)c1cc(OC)c(Cl)c([N+](=O)[O-])c1.COc1cc(C(N)=O)cc([N+](=O)[O-])c1Cl.N.N#CBr.O. The Balaban J connectivity index is 0. The minimum atomic E-state index is -0.924. The Morgan fingerprint density at radius 2 is 0.827 bits per heavy atom. The molecule has 24 N–H and O–H groups in total. The predicted molar refractivity (Wildman–Crippen MR) is 506 cm³/mol. The standard InChI is InChI=1S/C19H24N6O3.C12H16N4O2.C12H16N2O4.C12H18N2O2.C9H8ClNO5.C8H7ClN2O4.C7H10N2O2.C3H9N.CBrN.CH4O.H3N.H2O/c1-5-7-24-16-13(9-12(17(20)26)10-15(16)28-4)21-19(24)22-18(27)14-8-11(3)23-25(14)6-2;1-3-4-16-10-8(15-12(16)14)5-7(11(13)17)6-9(10)18-2;1-3-4-5-9-10(14(16)17)6-8(12(13)15)7-11(9)18-2;1-3-4-5-9-10(13)6-8(12(14)15)7-11(9)16-2;1-15-7-4-5(9(12)16-2)3-6(8(7)10)11(13)14;1-15-6-3-4(8(10)12)2-5(7(6)9)11(13)14;1-3-9-6(7(10)11)4-5(2)8-9;1-2-3-4;2-1-3;1-2;;/h8-10H,5-7H2,1-4H3,(H2,20,26)(H,21,22,27);5-6H,3-4H2,1-2H3,(H2,13,17)(H2,14,15);6-7H,3-5H2,1-2H3,(H2,13,15);6-7H,3-5,13H2,1-2H3,(H2,14,15);3-4H,1-2H3;2-3H,1H3,(H2,10,12);4H,3H2,1-2H3,(H,10,11);2-4H2,1H3;;2H,1H3;1H3;1H2. The fraction of sp³-hybridized carbons (Fsp3) is 0.369. The summed E-state index contributed by atoms with van der Waals surface area (Å²) in [6.45, 7) is 21.0. The van der Waals surface area contributed by atoms with Gasteiger partial charge in [-0.2, -0.15) is 15.5 Å². The molecule has 0 aliphatic heterocycles. The highest BCUT2D eigenvalue weighted by Crippen LogP contribution is 2.39. The summed E-state index contributed by atoms with van der Waals surface area (Å²) in [4.78, 5) is 131. The van der Waals surface area contributed by atoms with Crippen LogP contribution in [0, 0.1) is 54.4 Å². The number of halogens is 3. The molecule has 0 aliphatic carbocycles. The van der Waals surface area contributed by atoms with Crippen molar-refractivity contribution in [3.05, 3.63) is 193 Å². The van der Waals surface area contributed by atoms with E-state index < -0.39 is 67.6 Å². The highest BCUT2D eigenvalue weighted by Gasteiger charge is 2.27. The quantitative estimate of drug-likeness (QED) is 0.00831. The number of aromatic nitrogens is 8. The number of carbonyl (C=O) groups excluding carboxylic acids is 7. The lowest BCUT2D eigenvalue weighted by molar-refractivity contribution is -0.385. The molecule has 0 fully saturated rings. The molecule has 0 radical (unpaired) electrons. The minimum absolute atomic E-state index is 0. The number of nitrogens with zero attached hydrogens (tertiary/aromatic N) is 12. The number of fused-ring (bicyclic) bond motifs is 2. The van der Waals surface area contributed by atoms with Crippen LogP contribution in [0.1, 0.15) is 199 Å². The van der Waals surface area contributed by atoms with Gasteiger partial charge in [0.2, 0.25) is 41.4 Å². The van der Waals surface area contributed by atoms with Crippen LogP contribution in [0.2, 0.25) is 10.0 Å². The second-order valence-corrected chi connectivity index (χ2v) is 27.8. The number of rotatable bonds is 31. The Morgan fingerprint density at radius 1 is 0.496 bits per heavy atom. The summed E-state index contributed by atoms with van der Waals surface area (Å²) in [5.41, 5.74) is 49.9. The van der Waals surface area contributed by atoms with Crippen LogP contribution >= 0.6 is 39.1 Å². The number of methoxy groups -OCH3 is 7. The second kappa shape index (κ2) is 61.1. The van der Waals surface area contributed by atoms with E-state index in [0.717, 1.165) is 106 Å². The number of nitrogens with two attached hydrogens (primary N) is 8. The van der Waals surface area contributed by atoms with E-state index in [9.17, 15) is 68.7 Å². The lowest BCUT2D eigenvalue weighted by Gasteiger charge is -2.12. The van der Waals surface area contributed by atoms with Gasteiger partial charge in [-0.25, -0.2) is 19.6 Å². The largest absolute Gasteiger partial charge is 0.496 e. The summed E-state index contributed by atoms with van der Waals surface area (Å²) in [6, 6.07) is 20.2. The number of nitriles is 1. The molecule has 0 bridgehead atoms. The van der Waals surface area contributed by atoms with Gasteiger partial charge in [0.05, 0.1) is 98.1 Å². The second-order valence-electron chi connectivity index (χ2n) is 26.6. The van der Waals surface area contributed by atoms with Crippen molar-refractivity contribution >= 4 is 143 Å². The number of hydrogen-bond acceptors (Lipinski definition) is 31. The monoisotopic (exact) mass is 1970 g/mol. The van der Waals surface area contributed by atoms with Crippen LogP contribution in [-0.4, -0.2) is 180 Å². The number of anilines is 3. The molecule has 0 atom stereocenters. The molecule has 4 heterocycles. The zero-order chi connectivity index (χ0) is 100.0. The summed E-state index contributed by atoms with van der Waals surface area (Å²) in [7, 11) is 10.8. The molecule has 6 aromatic carbocycles. The number of aryl methyl sites for hydroxylation is 6. The number of imidazole rings is 2. The van der Waals surface area contributed by atoms with Gasteiger partial charge in [0.25, 0.3) is 23.0 Å². The summed E-state index contributed by atoms with van der Waals surface area (Å²) in [6.07, 6.45) is 8.08. The first kappa shape index (κ1) is 120.